The summed E-state index contributed by atoms with van der Waals surface area (Å²) in [5.74, 6) is 6.62. The fourth-order valence-electron chi connectivity index (χ4n) is 1.86. The van der Waals surface area contributed by atoms with Gasteiger partial charge < -0.3 is 10.4 Å². The molecule has 1 aromatic carbocycles. The number of hydrogen-bond acceptors (Lipinski definition) is 3. The molecule has 0 saturated carbocycles. The first-order valence-corrected chi connectivity index (χ1v) is 6.02. The van der Waals surface area contributed by atoms with Gasteiger partial charge in [0.25, 0.3) is 0 Å². The smallest absolute Gasteiger partial charge is 0.119 e. The van der Waals surface area contributed by atoms with Crippen molar-refractivity contribution in [2.75, 3.05) is 32.7 Å². The van der Waals surface area contributed by atoms with Crippen molar-refractivity contribution in [2.24, 2.45) is 0 Å². The molecule has 3 heteroatoms. The van der Waals surface area contributed by atoms with E-state index in [9.17, 15) is 5.11 Å². The van der Waals surface area contributed by atoms with Gasteiger partial charge in [-0.2, -0.15) is 0 Å². The molecule has 17 heavy (non-hydrogen) atoms. The molecule has 0 atom stereocenters. The van der Waals surface area contributed by atoms with Gasteiger partial charge in [-0.25, -0.2) is 0 Å². The van der Waals surface area contributed by atoms with Crippen molar-refractivity contribution in [1.29, 1.82) is 0 Å². The molecule has 1 fully saturated rings. The average molecular weight is 230 g/mol. The molecule has 0 aromatic heterocycles. The number of hydrogen-bond donors (Lipinski definition) is 2. The van der Waals surface area contributed by atoms with E-state index >= 15 is 0 Å². The summed E-state index contributed by atoms with van der Waals surface area (Å²) in [6.45, 7) is 5.09. The maximum atomic E-state index is 9.57. The van der Waals surface area contributed by atoms with E-state index in [1.165, 1.54) is 0 Å². The molecule has 0 spiro atoms. The molecule has 1 saturated heterocycles. The van der Waals surface area contributed by atoms with Crippen molar-refractivity contribution in [3.63, 3.8) is 0 Å². The van der Waals surface area contributed by atoms with Crippen molar-refractivity contribution in [2.45, 2.75) is 6.42 Å². The van der Waals surface area contributed by atoms with E-state index in [0.29, 0.717) is 12.2 Å². The van der Waals surface area contributed by atoms with Gasteiger partial charge in [0.1, 0.15) is 5.75 Å². The van der Waals surface area contributed by atoms with Crippen LogP contribution in [-0.2, 0) is 6.42 Å². The van der Waals surface area contributed by atoms with Crippen LogP contribution in [-0.4, -0.2) is 42.7 Å². The second kappa shape index (κ2) is 6.29. The Morgan fingerprint density at radius 1 is 1.18 bits per heavy atom. The number of para-hydroxylation sites is 1. The second-order valence-corrected chi connectivity index (χ2v) is 4.19. The Hall–Kier alpha value is -1.50. The summed E-state index contributed by atoms with van der Waals surface area (Å²) in [6, 6.07) is 7.36. The normalized spacial score (nSPS) is 16.2. The van der Waals surface area contributed by atoms with Gasteiger partial charge in [0.05, 0.1) is 6.54 Å². The molecule has 0 radical (unpaired) electrons. The van der Waals surface area contributed by atoms with E-state index in [2.05, 4.69) is 22.1 Å². The fourth-order valence-corrected chi connectivity index (χ4v) is 1.86. The number of piperazine rings is 1. The highest BCUT2D eigenvalue weighted by molar-refractivity contribution is 5.34. The van der Waals surface area contributed by atoms with Crippen molar-refractivity contribution >= 4 is 0 Å². The third-order valence-corrected chi connectivity index (χ3v) is 2.91. The molecule has 0 amide bonds. The van der Waals surface area contributed by atoms with Crippen LogP contribution in [0, 0.1) is 11.8 Å². The number of phenolic OH excluding ortho intramolecular Hbond substituents is 1. The molecule has 0 bridgehead atoms. The van der Waals surface area contributed by atoms with Gasteiger partial charge in [0.2, 0.25) is 0 Å². The van der Waals surface area contributed by atoms with Gasteiger partial charge in [-0.05, 0) is 6.07 Å². The molecule has 2 N–H and O–H groups in total. The second-order valence-electron chi connectivity index (χ2n) is 4.19. The van der Waals surface area contributed by atoms with Gasteiger partial charge >= 0.3 is 0 Å². The van der Waals surface area contributed by atoms with E-state index in [4.69, 9.17) is 0 Å². The highest BCUT2D eigenvalue weighted by Gasteiger charge is 2.06. The predicted octanol–water partition coefficient (Wildman–Crippen LogP) is 0.843. The summed E-state index contributed by atoms with van der Waals surface area (Å²) in [5.41, 5.74) is 0.903. The summed E-state index contributed by atoms with van der Waals surface area (Å²) in [5, 5.41) is 12.9. The molecular formula is C14H18N2O. The van der Waals surface area contributed by atoms with Crippen LogP contribution < -0.4 is 5.32 Å². The number of nitrogens with one attached hydrogen (secondary N) is 1. The highest BCUT2D eigenvalue weighted by Crippen LogP contribution is 2.15. The van der Waals surface area contributed by atoms with E-state index in [-0.39, 0.29) is 0 Å². The van der Waals surface area contributed by atoms with Gasteiger partial charge in [-0.15, -0.1) is 0 Å². The molecule has 1 aliphatic heterocycles. The standard InChI is InChI=1S/C14H18N2O/c17-14-7-2-1-5-13(14)6-3-4-10-16-11-8-15-9-12-16/h1-2,5,7,15,17H,6,8-12H2. The van der Waals surface area contributed by atoms with Crippen molar-refractivity contribution in [3.8, 4) is 17.6 Å². The fraction of sp³-hybridized carbons (Fsp3) is 0.429. The van der Waals surface area contributed by atoms with Crippen LogP contribution in [0.25, 0.3) is 0 Å². The molecule has 1 aliphatic rings. The molecule has 0 unspecified atom stereocenters. The topological polar surface area (TPSA) is 35.5 Å². The van der Waals surface area contributed by atoms with E-state index in [0.717, 1.165) is 38.3 Å². The summed E-state index contributed by atoms with van der Waals surface area (Å²) in [6.07, 6.45) is 0.624. The Morgan fingerprint density at radius 2 is 1.94 bits per heavy atom. The first-order valence-electron chi connectivity index (χ1n) is 6.02. The van der Waals surface area contributed by atoms with Crippen LogP contribution in [0.5, 0.6) is 5.75 Å². The van der Waals surface area contributed by atoms with Crippen LogP contribution in [0.1, 0.15) is 5.56 Å². The molecule has 0 aliphatic carbocycles. The van der Waals surface area contributed by atoms with Crippen molar-refractivity contribution < 1.29 is 5.11 Å². The van der Waals surface area contributed by atoms with E-state index < -0.39 is 0 Å². The zero-order chi connectivity index (χ0) is 11.9. The Morgan fingerprint density at radius 3 is 2.71 bits per heavy atom. The lowest BCUT2D eigenvalue weighted by Gasteiger charge is -2.24. The third kappa shape index (κ3) is 3.77. The van der Waals surface area contributed by atoms with E-state index in [1.54, 1.807) is 6.07 Å². The summed E-state index contributed by atoms with van der Waals surface area (Å²) >= 11 is 0. The maximum Gasteiger partial charge on any atom is 0.119 e. The van der Waals surface area contributed by atoms with E-state index in [1.807, 2.05) is 18.2 Å². The van der Waals surface area contributed by atoms with Gasteiger partial charge in [-0.3, -0.25) is 4.90 Å². The van der Waals surface area contributed by atoms with Crippen LogP contribution in [0.2, 0.25) is 0 Å². The lowest BCUT2D eigenvalue weighted by atomic mass is 10.1. The van der Waals surface area contributed by atoms with Crippen LogP contribution in [0.4, 0.5) is 0 Å². The van der Waals surface area contributed by atoms with Crippen molar-refractivity contribution in [1.82, 2.24) is 10.2 Å². The minimum Gasteiger partial charge on any atom is -0.508 e. The first-order chi connectivity index (χ1) is 8.36. The maximum absolute atomic E-state index is 9.57. The summed E-state index contributed by atoms with van der Waals surface area (Å²) < 4.78 is 0. The molecule has 1 heterocycles. The summed E-state index contributed by atoms with van der Waals surface area (Å²) in [4.78, 5) is 2.34. The Balaban J connectivity index is 1.80. The van der Waals surface area contributed by atoms with Crippen LogP contribution in [0.3, 0.4) is 0 Å². The largest absolute Gasteiger partial charge is 0.508 e. The molecule has 3 nitrogen and oxygen atoms in total. The number of nitrogens with zero attached hydrogens (tertiary/aromatic N) is 1. The zero-order valence-corrected chi connectivity index (χ0v) is 9.95. The number of phenols is 1. The van der Waals surface area contributed by atoms with Gasteiger partial charge in [0.15, 0.2) is 0 Å². The predicted molar refractivity (Wildman–Crippen MR) is 68.9 cm³/mol. The van der Waals surface area contributed by atoms with Crippen LogP contribution in [0.15, 0.2) is 24.3 Å². The molecule has 90 valence electrons. The van der Waals surface area contributed by atoms with Gasteiger partial charge in [0, 0.05) is 38.2 Å². The number of aromatic hydroxyl groups is 1. The monoisotopic (exact) mass is 230 g/mol. The van der Waals surface area contributed by atoms with Gasteiger partial charge in [-0.1, -0.05) is 30.0 Å². The molecule has 1 aromatic rings. The van der Waals surface area contributed by atoms with Crippen LogP contribution >= 0.6 is 0 Å². The zero-order valence-electron chi connectivity index (χ0n) is 9.95. The number of rotatable bonds is 2. The minimum atomic E-state index is 0.337. The highest BCUT2D eigenvalue weighted by atomic mass is 16.3. The van der Waals surface area contributed by atoms with Crippen molar-refractivity contribution in [3.05, 3.63) is 29.8 Å². The third-order valence-electron chi connectivity index (χ3n) is 2.91. The molecular weight excluding hydrogens is 212 g/mol. The average Bonchev–Trinajstić information content (AvgIpc) is 2.38. The SMILES string of the molecule is Oc1ccccc1CC#CCN1CCNCC1. The Kier molecular flexibility index (Phi) is 4.43. The Bertz CT molecular complexity index is 414. The quantitative estimate of drug-likeness (QED) is 0.739. The minimum absolute atomic E-state index is 0.337. The lowest BCUT2D eigenvalue weighted by Crippen LogP contribution is -2.43. The summed E-state index contributed by atoms with van der Waals surface area (Å²) in [7, 11) is 0. The number of benzene rings is 1. The molecule has 2 rings (SSSR count). The lowest BCUT2D eigenvalue weighted by molar-refractivity contribution is 0.268. The Labute approximate surface area is 102 Å². The first kappa shape index (κ1) is 12.0.